The van der Waals surface area contributed by atoms with Gasteiger partial charge in [-0.1, -0.05) is 6.92 Å². The number of halogens is 2. The second-order valence-corrected chi connectivity index (χ2v) is 5.69. The van der Waals surface area contributed by atoms with E-state index in [2.05, 4.69) is 27.2 Å². The first-order valence-electron chi connectivity index (χ1n) is 7.86. The van der Waals surface area contributed by atoms with Gasteiger partial charge in [0.25, 0.3) is 0 Å². The number of amides is 2. The molecular weight excluding hydrogens is 304 g/mol. The van der Waals surface area contributed by atoms with Crippen molar-refractivity contribution in [1.29, 1.82) is 0 Å². The molecule has 0 atom stereocenters. The molecule has 1 heterocycles. The molecule has 0 spiro atoms. The molecule has 7 heteroatoms. The molecule has 0 saturated carbocycles. The van der Waals surface area contributed by atoms with Crippen LogP contribution in [-0.2, 0) is 0 Å². The summed E-state index contributed by atoms with van der Waals surface area (Å²) in [7, 11) is 1.19. The Balaban J connectivity index is 1.86. The lowest BCUT2D eigenvalue weighted by atomic mass is 10.1. The standard InChI is InChI=1S/C16H23F2N3O2/c1-3-6-21-7-4-11(5-8-21)19-16(22)20-12-9-13(17)15(23-2)14(18)10-12/h9-11H,3-8H2,1-2H3,(H2,19,20,22). The van der Waals surface area contributed by atoms with Gasteiger partial charge in [0.05, 0.1) is 7.11 Å². The fourth-order valence-electron chi connectivity index (χ4n) is 2.80. The lowest BCUT2D eigenvalue weighted by Gasteiger charge is -2.32. The summed E-state index contributed by atoms with van der Waals surface area (Å²) in [6, 6.07) is 1.69. The van der Waals surface area contributed by atoms with E-state index in [-0.39, 0.29) is 11.7 Å². The lowest BCUT2D eigenvalue weighted by molar-refractivity contribution is 0.196. The van der Waals surface area contributed by atoms with Gasteiger partial charge in [0, 0.05) is 37.0 Å². The molecule has 128 valence electrons. The Kier molecular flexibility index (Phi) is 6.15. The molecule has 1 fully saturated rings. The number of anilines is 1. The number of nitrogens with one attached hydrogen (secondary N) is 2. The third kappa shape index (κ3) is 4.79. The quantitative estimate of drug-likeness (QED) is 0.874. The van der Waals surface area contributed by atoms with E-state index in [1.54, 1.807) is 0 Å². The predicted octanol–water partition coefficient (Wildman–Crippen LogP) is 2.97. The van der Waals surface area contributed by atoms with Crippen molar-refractivity contribution in [2.24, 2.45) is 0 Å². The summed E-state index contributed by atoms with van der Waals surface area (Å²) in [5, 5.41) is 5.30. The average Bonchev–Trinajstić information content (AvgIpc) is 2.49. The van der Waals surface area contributed by atoms with Crippen molar-refractivity contribution >= 4 is 11.7 Å². The highest BCUT2D eigenvalue weighted by atomic mass is 19.1. The Labute approximate surface area is 135 Å². The van der Waals surface area contributed by atoms with E-state index in [0.29, 0.717) is 0 Å². The maximum Gasteiger partial charge on any atom is 0.319 e. The molecule has 1 aromatic carbocycles. The normalized spacial score (nSPS) is 16.2. The first kappa shape index (κ1) is 17.5. The van der Waals surface area contributed by atoms with Gasteiger partial charge in [-0.15, -0.1) is 0 Å². The molecule has 0 aromatic heterocycles. The Hall–Kier alpha value is -1.89. The number of carbonyl (C=O) groups excluding carboxylic acids is 1. The number of nitrogens with zero attached hydrogens (tertiary/aromatic N) is 1. The molecule has 0 radical (unpaired) electrons. The smallest absolute Gasteiger partial charge is 0.319 e. The van der Waals surface area contributed by atoms with Gasteiger partial charge in [0.1, 0.15) is 0 Å². The second-order valence-electron chi connectivity index (χ2n) is 5.69. The van der Waals surface area contributed by atoms with E-state index in [0.717, 1.165) is 51.0 Å². The van der Waals surface area contributed by atoms with Crippen LogP contribution < -0.4 is 15.4 Å². The molecule has 2 rings (SSSR count). The van der Waals surface area contributed by atoms with Crippen molar-refractivity contribution in [3.05, 3.63) is 23.8 Å². The summed E-state index contributed by atoms with van der Waals surface area (Å²) in [4.78, 5) is 14.3. The Morgan fingerprint density at radius 1 is 1.30 bits per heavy atom. The van der Waals surface area contributed by atoms with Gasteiger partial charge >= 0.3 is 6.03 Å². The fraction of sp³-hybridized carbons (Fsp3) is 0.562. The number of rotatable bonds is 5. The van der Waals surface area contributed by atoms with Crippen LogP contribution in [0.15, 0.2) is 12.1 Å². The van der Waals surface area contributed by atoms with E-state index in [1.165, 1.54) is 7.11 Å². The van der Waals surface area contributed by atoms with E-state index in [1.807, 2.05) is 0 Å². The van der Waals surface area contributed by atoms with Crippen LogP contribution in [0.2, 0.25) is 0 Å². The zero-order valence-corrected chi connectivity index (χ0v) is 13.5. The molecular formula is C16H23F2N3O2. The van der Waals surface area contributed by atoms with Crippen LogP contribution in [0.4, 0.5) is 19.3 Å². The van der Waals surface area contributed by atoms with Crippen molar-refractivity contribution in [3.8, 4) is 5.75 Å². The van der Waals surface area contributed by atoms with Crippen LogP contribution in [0, 0.1) is 11.6 Å². The molecule has 1 aliphatic heterocycles. The minimum absolute atomic E-state index is 0.0571. The van der Waals surface area contributed by atoms with Gasteiger partial charge in [0.15, 0.2) is 17.4 Å². The lowest BCUT2D eigenvalue weighted by Crippen LogP contribution is -2.46. The number of hydrogen-bond donors (Lipinski definition) is 2. The van der Waals surface area contributed by atoms with Crippen molar-refractivity contribution < 1.29 is 18.3 Å². The number of piperidine rings is 1. The minimum atomic E-state index is -0.851. The summed E-state index contributed by atoms with van der Waals surface area (Å²) in [5.74, 6) is -2.16. The maximum atomic E-state index is 13.6. The molecule has 1 aliphatic rings. The Morgan fingerprint density at radius 2 is 1.91 bits per heavy atom. The van der Waals surface area contributed by atoms with E-state index < -0.39 is 23.4 Å². The van der Waals surface area contributed by atoms with Crippen LogP contribution in [0.25, 0.3) is 0 Å². The summed E-state index contributed by atoms with van der Waals surface area (Å²) < 4.78 is 31.8. The van der Waals surface area contributed by atoms with E-state index >= 15 is 0 Å². The highest BCUT2D eigenvalue weighted by molar-refractivity contribution is 5.89. The summed E-state index contributed by atoms with van der Waals surface area (Å²) >= 11 is 0. The van der Waals surface area contributed by atoms with Gasteiger partial charge in [0.2, 0.25) is 0 Å². The Morgan fingerprint density at radius 3 is 2.43 bits per heavy atom. The summed E-state index contributed by atoms with van der Waals surface area (Å²) in [6.07, 6.45) is 2.87. The van der Waals surface area contributed by atoms with Gasteiger partial charge in [-0.25, -0.2) is 13.6 Å². The highest BCUT2D eigenvalue weighted by Gasteiger charge is 2.20. The second kappa shape index (κ2) is 8.10. The molecule has 1 aromatic rings. The monoisotopic (exact) mass is 327 g/mol. The largest absolute Gasteiger partial charge is 0.491 e. The molecule has 0 bridgehead atoms. The number of likely N-dealkylation sites (tertiary alicyclic amines) is 1. The predicted molar refractivity (Wildman–Crippen MR) is 84.8 cm³/mol. The van der Waals surface area contributed by atoms with Crippen molar-refractivity contribution in [2.75, 3.05) is 32.1 Å². The van der Waals surface area contributed by atoms with Crippen molar-refractivity contribution in [3.63, 3.8) is 0 Å². The fourth-order valence-corrected chi connectivity index (χ4v) is 2.80. The molecule has 1 saturated heterocycles. The SMILES string of the molecule is CCCN1CCC(NC(=O)Nc2cc(F)c(OC)c(F)c2)CC1. The molecule has 2 amide bonds. The van der Waals surface area contributed by atoms with Gasteiger partial charge in [-0.2, -0.15) is 0 Å². The maximum absolute atomic E-state index is 13.6. The number of ether oxygens (including phenoxy) is 1. The molecule has 0 unspecified atom stereocenters. The van der Waals surface area contributed by atoms with Crippen LogP contribution in [0.3, 0.4) is 0 Å². The third-order valence-electron chi connectivity index (χ3n) is 3.92. The van der Waals surface area contributed by atoms with Gasteiger partial charge < -0.3 is 20.3 Å². The average molecular weight is 327 g/mol. The molecule has 23 heavy (non-hydrogen) atoms. The van der Waals surface area contributed by atoms with E-state index in [9.17, 15) is 13.6 Å². The van der Waals surface area contributed by atoms with Gasteiger partial charge in [-0.3, -0.25) is 0 Å². The number of methoxy groups -OCH3 is 1. The zero-order valence-electron chi connectivity index (χ0n) is 13.5. The van der Waals surface area contributed by atoms with E-state index in [4.69, 9.17) is 0 Å². The topological polar surface area (TPSA) is 53.6 Å². The molecule has 2 N–H and O–H groups in total. The Bertz CT molecular complexity index is 523. The van der Waals surface area contributed by atoms with Crippen molar-refractivity contribution in [2.45, 2.75) is 32.2 Å². The molecule has 0 aliphatic carbocycles. The van der Waals surface area contributed by atoms with Crippen LogP contribution in [0.1, 0.15) is 26.2 Å². The highest BCUT2D eigenvalue weighted by Crippen LogP contribution is 2.25. The number of benzene rings is 1. The van der Waals surface area contributed by atoms with Crippen LogP contribution in [-0.4, -0.2) is 43.7 Å². The molecule has 5 nitrogen and oxygen atoms in total. The van der Waals surface area contributed by atoms with Gasteiger partial charge in [-0.05, 0) is 25.8 Å². The number of hydrogen-bond acceptors (Lipinski definition) is 3. The van der Waals surface area contributed by atoms with Crippen LogP contribution >= 0.6 is 0 Å². The third-order valence-corrected chi connectivity index (χ3v) is 3.92. The zero-order chi connectivity index (χ0) is 16.8. The van der Waals surface area contributed by atoms with Crippen LogP contribution in [0.5, 0.6) is 5.75 Å². The number of urea groups is 1. The number of carbonyl (C=O) groups is 1. The van der Waals surface area contributed by atoms with Crippen molar-refractivity contribution in [1.82, 2.24) is 10.2 Å². The summed E-state index contributed by atoms with van der Waals surface area (Å²) in [5.41, 5.74) is 0.0571. The first-order chi connectivity index (χ1) is 11.0. The first-order valence-corrected chi connectivity index (χ1v) is 7.86. The summed E-state index contributed by atoms with van der Waals surface area (Å²) in [6.45, 7) is 5.11. The minimum Gasteiger partial charge on any atom is -0.491 e.